The summed E-state index contributed by atoms with van der Waals surface area (Å²) in [6, 6.07) is -1.68. The van der Waals surface area contributed by atoms with Crippen molar-refractivity contribution in [3.63, 3.8) is 0 Å². The van der Waals surface area contributed by atoms with E-state index >= 15 is 0 Å². The smallest absolute Gasteiger partial charge is 0.480 e. The zero-order valence-corrected chi connectivity index (χ0v) is 24.2. The van der Waals surface area contributed by atoms with Gasteiger partial charge in [-0.05, 0) is 19.4 Å². The molecule has 3 saturated heterocycles. The number of halogens is 2. The van der Waals surface area contributed by atoms with Gasteiger partial charge in [0.2, 0.25) is 12.7 Å². The van der Waals surface area contributed by atoms with E-state index in [9.17, 15) is 43.5 Å². The Morgan fingerprint density at radius 3 is 1.67 bits per heavy atom. The van der Waals surface area contributed by atoms with Crippen molar-refractivity contribution < 1.29 is 67.7 Å². The number of hydroxylamine groups is 4. The van der Waals surface area contributed by atoms with Gasteiger partial charge in [0.15, 0.2) is 0 Å². The lowest BCUT2D eigenvalue weighted by molar-refractivity contribution is -0.184. The Morgan fingerprint density at radius 1 is 0.837 bits per heavy atom. The quantitative estimate of drug-likeness (QED) is 0.0916. The molecule has 3 rings (SSSR count). The molecule has 3 atom stereocenters. The van der Waals surface area contributed by atoms with Gasteiger partial charge in [-0.2, -0.15) is 0 Å². The molecule has 244 valence electrons. The van der Waals surface area contributed by atoms with E-state index in [2.05, 4.69) is 19.1 Å². The molecule has 0 aromatic carbocycles. The van der Waals surface area contributed by atoms with Crippen molar-refractivity contribution in [1.29, 1.82) is 0 Å². The Kier molecular flexibility index (Phi) is 17.1. The fraction of sp³-hybridized carbons (Fsp3) is 0.636. The monoisotopic (exact) mass is 661 g/mol. The summed E-state index contributed by atoms with van der Waals surface area (Å²) in [5, 5.41) is 18.9. The fourth-order valence-electron chi connectivity index (χ4n) is 3.78. The van der Waals surface area contributed by atoms with Gasteiger partial charge in [0.25, 0.3) is 23.6 Å². The first-order valence-electron chi connectivity index (χ1n) is 12.4. The number of nitrogens with zero attached hydrogens (tertiary/aromatic N) is 3. The largest absolute Gasteiger partial charge is 0.536 e. The number of imide groups is 2. The van der Waals surface area contributed by atoms with Gasteiger partial charge in [-0.1, -0.05) is 16.5 Å². The van der Waals surface area contributed by atoms with Crippen LogP contribution in [0.3, 0.4) is 0 Å². The standard InChI is InChI=1S/C11H21N3O4.C11H10N2O10.2ClH/c12-4-2-1-3-8(13)10(16)14-6-7(15)5-9(14)11(17)18;14-6-1-2-7(15)12(6)22-10(18)20-5-21-11(19)23-13-8(16)3-4-9(13)17;;/h7-9,15H,1-6,12-13H2,(H,17,18);1-5H2;2*1H/t7-,8-,9-;;;/m0.../s1. The van der Waals surface area contributed by atoms with Gasteiger partial charge in [-0.15, -0.1) is 24.8 Å². The summed E-state index contributed by atoms with van der Waals surface area (Å²) in [4.78, 5) is 99.7. The highest BCUT2D eigenvalue weighted by atomic mass is 35.5. The number of unbranched alkanes of at least 4 members (excludes halogenated alkanes) is 1. The van der Waals surface area contributed by atoms with Crippen LogP contribution in [0.4, 0.5) is 9.59 Å². The molecule has 0 unspecified atom stereocenters. The first-order chi connectivity index (χ1) is 19.3. The zero-order valence-electron chi connectivity index (χ0n) is 22.6. The SMILES string of the molecule is Cl.Cl.NCCCC[C@H](N)C(=O)N1C[C@@H](O)C[C@H]1C(=O)O.O=C(OCOC(=O)ON1C(=O)CCC1=O)ON1C(=O)CCC1=O. The van der Waals surface area contributed by atoms with Crippen LogP contribution in [0.2, 0.25) is 0 Å². The van der Waals surface area contributed by atoms with Crippen LogP contribution in [0.15, 0.2) is 0 Å². The van der Waals surface area contributed by atoms with Crippen LogP contribution in [-0.2, 0) is 47.9 Å². The number of carbonyl (C=O) groups excluding carboxylic acids is 7. The number of hydrogen-bond donors (Lipinski definition) is 4. The molecular weight excluding hydrogens is 629 g/mol. The van der Waals surface area contributed by atoms with Crippen LogP contribution in [0, 0.1) is 0 Å². The molecule has 3 aliphatic heterocycles. The second kappa shape index (κ2) is 18.7. The number of amides is 5. The summed E-state index contributed by atoms with van der Waals surface area (Å²) in [5.74, 6) is -4.35. The van der Waals surface area contributed by atoms with Crippen LogP contribution >= 0.6 is 24.8 Å². The predicted octanol–water partition coefficient (Wildman–Crippen LogP) is -1.29. The van der Waals surface area contributed by atoms with E-state index < -0.39 is 72.8 Å². The minimum atomic E-state index is -1.46. The van der Waals surface area contributed by atoms with Crippen molar-refractivity contribution in [3.05, 3.63) is 0 Å². The van der Waals surface area contributed by atoms with Crippen LogP contribution in [0.5, 0.6) is 0 Å². The summed E-state index contributed by atoms with van der Waals surface area (Å²) in [7, 11) is 0. The number of ether oxygens (including phenoxy) is 2. The molecule has 43 heavy (non-hydrogen) atoms. The summed E-state index contributed by atoms with van der Waals surface area (Å²) in [6.07, 6.45) is -2.01. The number of rotatable bonds is 10. The molecule has 0 aliphatic carbocycles. The Balaban J connectivity index is 0.000000806. The molecule has 0 saturated carbocycles. The van der Waals surface area contributed by atoms with Crippen molar-refractivity contribution in [2.75, 3.05) is 19.9 Å². The van der Waals surface area contributed by atoms with Crippen LogP contribution in [-0.4, -0.2) is 111 Å². The number of likely N-dealkylation sites (tertiary alicyclic amines) is 1. The molecule has 3 fully saturated rings. The third-order valence-electron chi connectivity index (χ3n) is 5.83. The number of carbonyl (C=O) groups is 8. The third kappa shape index (κ3) is 11.8. The Hall–Kier alpha value is -3.78. The summed E-state index contributed by atoms with van der Waals surface area (Å²) in [6.45, 7) is -0.397. The van der Waals surface area contributed by atoms with E-state index in [0.717, 1.165) is 12.8 Å². The van der Waals surface area contributed by atoms with E-state index in [1.165, 1.54) is 4.90 Å². The Morgan fingerprint density at radius 2 is 1.28 bits per heavy atom. The van der Waals surface area contributed by atoms with Gasteiger partial charge < -0.3 is 36.1 Å². The maximum absolute atomic E-state index is 12.0. The lowest BCUT2D eigenvalue weighted by Gasteiger charge is -2.24. The molecule has 3 aliphatic rings. The Labute approximate surface area is 256 Å². The molecule has 0 spiro atoms. The van der Waals surface area contributed by atoms with E-state index in [1.807, 2.05) is 0 Å². The van der Waals surface area contributed by atoms with Crippen molar-refractivity contribution in [3.8, 4) is 0 Å². The molecule has 0 bridgehead atoms. The van der Waals surface area contributed by atoms with E-state index in [0.29, 0.717) is 13.0 Å². The molecule has 0 radical (unpaired) electrons. The highest BCUT2D eigenvalue weighted by Crippen LogP contribution is 2.20. The Bertz CT molecular complexity index is 981. The molecule has 0 aromatic rings. The van der Waals surface area contributed by atoms with Gasteiger partial charge >= 0.3 is 18.3 Å². The topological polar surface area (TPSA) is 276 Å². The number of aliphatic hydroxyl groups is 1. The predicted molar refractivity (Wildman–Crippen MR) is 141 cm³/mol. The van der Waals surface area contributed by atoms with Gasteiger partial charge in [0, 0.05) is 38.6 Å². The molecular formula is C22H33Cl2N5O14. The molecule has 6 N–H and O–H groups in total. The second-order valence-corrected chi connectivity index (χ2v) is 8.88. The maximum atomic E-state index is 12.0. The third-order valence-corrected chi connectivity index (χ3v) is 5.83. The first-order valence-corrected chi connectivity index (χ1v) is 12.4. The average Bonchev–Trinajstić information content (AvgIpc) is 3.57. The summed E-state index contributed by atoms with van der Waals surface area (Å²) in [5.41, 5.74) is 11.1. The van der Waals surface area contributed by atoms with Crippen LogP contribution in [0.1, 0.15) is 51.4 Å². The van der Waals surface area contributed by atoms with Gasteiger partial charge in [-0.25, -0.2) is 14.4 Å². The van der Waals surface area contributed by atoms with Crippen molar-refractivity contribution >= 4 is 72.6 Å². The number of β-amino-alcohol motifs (C(OH)–C–C–N with tert-alkyl or cyclic N) is 1. The van der Waals surface area contributed by atoms with Gasteiger partial charge in [-0.3, -0.25) is 33.6 Å². The maximum Gasteiger partial charge on any atom is 0.536 e. The van der Waals surface area contributed by atoms with Gasteiger partial charge in [0.05, 0.1) is 12.1 Å². The number of aliphatic hydroxyl groups excluding tert-OH is 1. The zero-order chi connectivity index (χ0) is 30.7. The molecule has 21 heteroatoms. The molecule has 0 aromatic heterocycles. The van der Waals surface area contributed by atoms with E-state index in [-0.39, 0.29) is 73.6 Å². The normalized spacial score (nSPS) is 19.9. The number of carboxylic acid groups (broad SMARTS) is 1. The van der Waals surface area contributed by atoms with E-state index in [4.69, 9.17) is 16.6 Å². The highest BCUT2D eigenvalue weighted by Gasteiger charge is 2.40. The van der Waals surface area contributed by atoms with Crippen molar-refractivity contribution in [1.82, 2.24) is 15.0 Å². The van der Waals surface area contributed by atoms with Crippen LogP contribution < -0.4 is 11.5 Å². The molecule has 5 amide bonds. The summed E-state index contributed by atoms with van der Waals surface area (Å²) < 4.78 is 8.54. The van der Waals surface area contributed by atoms with E-state index in [1.54, 1.807) is 0 Å². The second-order valence-electron chi connectivity index (χ2n) is 8.88. The molecule has 19 nitrogen and oxygen atoms in total. The average molecular weight is 662 g/mol. The lowest BCUT2D eigenvalue weighted by Crippen LogP contribution is -2.48. The summed E-state index contributed by atoms with van der Waals surface area (Å²) >= 11 is 0. The first kappa shape index (κ1) is 39.2. The highest BCUT2D eigenvalue weighted by molar-refractivity contribution is 6.02. The minimum absolute atomic E-state index is 0. The lowest BCUT2D eigenvalue weighted by atomic mass is 10.1. The number of nitrogens with two attached hydrogens (primary N) is 2. The number of carboxylic acids is 1. The number of hydrogen-bond acceptors (Lipinski definition) is 15. The fourth-order valence-corrected chi connectivity index (χ4v) is 3.78. The number of aliphatic carboxylic acids is 1. The van der Waals surface area contributed by atoms with Crippen LogP contribution in [0.25, 0.3) is 0 Å². The molecule has 3 heterocycles. The van der Waals surface area contributed by atoms with Gasteiger partial charge in [0.1, 0.15) is 6.04 Å². The minimum Gasteiger partial charge on any atom is -0.480 e. The van der Waals surface area contributed by atoms with Crippen molar-refractivity contribution in [2.24, 2.45) is 11.5 Å². The van der Waals surface area contributed by atoms with Crippen molar-refractivity contribution in [2.45, 2.75) is 69.6 Å².